The Kier molecular flexibility index (Phi) is 4.52. The van der Waals surface area contributed by atoms with Crippen molar-refractivity contribution >= 4 is 46.0 Å². The summed E-state index contributed by atoms with van der Waals surface area (Å²) in [5.41, 5.74) is 2.42. The number of hydrogen-bond donors (Lipinski definition) is 0. The van der Waals surface area contributed by atoms with Crippen LogP contribution in [0.3, 0.4) is 0 Å². The first-order valence-electron chi connectivity index (χ1n) is 6.55. The van der Waals surface area contributed by atoms with Gasteiger partial charge in [0.1, 0.15) is 11.0 Å². The molecule has 0 aliphatic heterocycles. The van der Waals surface area contributed by atoms with Crippen LogP contribution in [0.5, 0.6) is 0 Å². The van der Waals surface area contributed by atoms with Crippen LogP contribution in [0.25, 0.3) is 0 Å². The number of aromatic nitrogens is 2. The van der Waals surface area contributed by atoms with Crippen LogP contribution in [0, 0.1) is 10.5 Å². The summed E-state index contributed by atoms with van der Waals surface area (Å²) < 4.78 is 1.02. The zero-order valence-corrected chi connectivity index (χ0v) is 14.8. The number of rotatable bonds is 4. The van der Waals surface area contributed by atoms with Gasteiger partial charge in [0, 0.05) is 10.8 Å². The summed E-state index contributed by atoms with van der Waals surface area (Å²) >= 11 is 10.2. The van der Waals surface area contributed by atoms with E-state index in [2.05, 4.69) is 58.8 Å². The minimum atomic E-state index is 0.599. The monoisotopic (exact) mass is 416 g/mol. The highest BCUT2D eigenvalue weighted by molar-refractivity contribution is 14.1. The van der Waals surface area contributed by atoms with Gasteiger partial charge >= 0.3 is 0 Å². The number of benzene rings is 1. The Hall–Kier alpha value is -0.330. The van der Waals surface area contributed by atoms with Crippen molar-refractivity contribution < 1.29 is 0 Å². The summed E-state index contributed by atoms with van der Waals surface area (Å²) in [5, 5.41) is 0.599. The average Bonchev–Trinajstić information content (AvgIpc) is 3.24. The molecule has 1 heterocycles. The van der Waals surface area contributed by atoms with E-state index in [1.165, 1.54) is 23.3 Å². The smallest absolute Gasteiger partial charge is 0.146 e. The van der Waals surface area contributed by atoms with Crippen molar-refractivity contribution in [3.05, 3.63) is 50.1 Å². The molecule has 2 nitrogen and oxygen atoms in total. The second-order valence-electron chi connectivity index (χ2n) is 5.01. The average molecular weight is 417 g/mol. The van der Waals surface area contributed by atoms with E-state index < -0.39 is 0 Å². The Morgan fingerprint density at radius 1 is 1.35 bits per heavy atom. The lowest BCUT2D eigenvalue weighted by atomic mass is 10.2. The second-order valence-corrected chi connectivity index (χ2v) is 7.49. The first-order valence-corrected chi connectivity index (χ1v) is 8.99. The largest absolute Gasteiger partial charge is 0.236 e. The van der Waals surface area contributed by atoms with Gasteiger partial charge < -0.3 is 0 Å². The molecule has 0 spiro atoms. The molecule has 0 bridgehead atoms. The van der Waals surface area contributed by atoms with Crippen molar-refractivity contribution in [3.63, 3.8) is 0 Å². The Bertz CT molecular complexity index is 644. The van der Waals surface area contributed by atoms with E-state index in [-0.39, 0.29) is 0 Å². The molecule has 1 aliphatic rings. The van der Waals surface area contributed by atoms with Gasteiger partial charge in [-0.15, -0.1) is 11.8 Å². The quantitative estimate of drug-likeness (QED) is 0.388. The Morgan fingerprint density at radius 3 is 2.85 bits per heavy atom. The Morgan fingerprint density at radius 2 is 2.15 bits per heavy atom. The van der Waals surface area contributed by atoms with Crippen LogP contribution in [-0.4, -0.2) is 9.97 Å². The molecule has 5 heteroatoms. The highest BCUT2D eigenvalue weighted by atomic mass is 127. The van der Waals surface area contributed by atoms with Gasteiger partial charge in [0.25, 0.3) is 0 Å². The van der Waals surface area contributed by atoms with E-state index in [0.29, 0.717) is 11.1 Å². The molecule has 3 rings (SSSR count). The normalized spacial score (nSPS) is 14.6. The summed E-state index contributed by atoms with van der Waals surface area (Å²) in [7, 11) is 0. The molecule has 0 radical (unpaired) electrons. The van der Waals surface area contributed by atoms with Gasteiger partial charge in [-0.25, -0.2) is 9.97 Å². The maximum atomic E-state index is 6.23. The molecule has 1 aromatic carbocycles. The maximum Gasteiger partial charge on any atom is 0.146 e. The lowest BCUT2D eigenvalue weighted by molar-refractivity contribution is 0.918. The molecule has 20 heavy (non-hydrogen) atoms. The summed E-state index contributed by atoms with van der Waals surface area (Å²) in [6.45, 7) is 2.10. The fourth-order valence-electron chi connectivity index (χ4n) is 2.03. The standard InChI is InChI=1S/C15H14ClIN2S/c1-9-3-2-4-11(7-9)20-8-12-18-14(10-5-6-10)13(17)15(16)19-12/h2-4,7,10H,5-6,8H2,1H3. The molecule has 0 unspecified atom stereocenters. The van der Waals surface area contributed by atoms with Crippen molar-refractivity contribution in [2.45, 2.75) is 36.3 Å². The molecule has 0 N–H and O–H groups in total. The SMILES string of the molecule is Cc1cccc(SCc2nc(Cl)c(I)c(C3CC3)n2)c1. The molecule has 0 amide bonds. The zero-order valence-electron chi connectivity index (χ0n) is 11.1. The molecular formula is C15H14ClIN2S. The molecule has 1 fully saturated rings. The van der Waals surface area contributed by atoms with E-state index in [0.717, 1.165) is 20.8 Å². The van der Waals surface area contributed by atoms with E-state index in [1.54, 1.807) is 11.8 Å². The van der Waals surface area contributed by atoms with E-state index in [9.17, 15) is 0 Å². The van der Waals surface area contributed by atoms with Gasteiger partial charge in [0.05, 0.1) is 15.0 Å². The van der Waals surface area contributed by atoms with Crippen LogP contribution in [0.15, 0.2) is 29.2 Å². The highest BCUT2D eigenvalue weighted by Crippen LogP contribution is 2.42. The third kappa shape index (κ3) is 3.46. The summed E-state index contributed by atoms with van der Waals surface area (Å²) in [4.78, 5) is 10.4. The minimum absolute atomic E-state index is 0.599. The third-order valence-corrected chi connectivity index (χ3v) is 5.85. The zero-order chi connectivity index (χ0) is 14.1. The van der Waals surface area contributed by atoms with Gasteiger partial charge in [0.15, 0.2) is 0 Å². The van der Waals surface area contributed by atoms with Crippen LogP contribution in [-0.2, 0) is 5.75 Å². The Labute approximate surface area is 141 Å². The van der Waals surface area contributed by atoms with Crippen molar-refractivity contribution in [2.75, 3.05) is 0 Å². The van der Waals surface area contributed by atoms with Crippen LogP contribution < -0.4 is 0 Å². The van der Waals surface area contributed by atoms with Crippen LogP contribution >= 0.6 is 46.0 Å². The number of hydrogen-bond acceptors (Lipinski definition) is 3. The van der Waals surface area contributed by atoms with Crippen molar-refractivity contribution in [1.82, 2.24) is 9.97 Å². The predicted octanol–water partition coefficient (Wildman–Crippen LogP) is 5.21. The molecule has 0 saturated heterocycles. The molecular weight excluding hydrogens is 403 g/mol. The predicted molar refractivity (Wildman–Crippen MR) is 92.5 cm³/mol. The van der Waals surface area contributed by atoms with Gasteiger partial charge in [-0.05, 0) is 54.5 Å². The minimum Gasteiger partial charge on any atom is -0.236 e. The van der Waals surface area contributed by atoms with Crippen molar-refractivity contribution in [3.8, 4) is 0 Å². The van der Waals surface area contributed by atoms with Crippen molar-refractivity contribution in [2.24, 2.45) is 0 Å². The molecule has 104 valence electrons. The maximum absolute atomic E-state index is 6.23. The fraction of sp³-hybridized carbons (Fsp3) is 0.333. The number of nitrogens with zero attached hydrogens (tertiary/aromatic N) is 2. The second kappa shape index (κ2) is 6.20. The summed E-state index contributed by atoms with van der Waals surface area (Å²) in [5.74, 6) is 2.20. The third-order valence-electron chi connectivity index (χ3n) is 3.20. The lowest BCUT2D eigenvalue weighted by Gasteiger charge is -2.07. The molecule has 0 atom stereocenters. The van der Waals surface area contributed by atoms with Gasteiger partial charge in [-0.3, -0.25) is 0 Å². The Balaban J connectivity index is 1.77. The molecule has 1 aromatic heterocycles. The number of thioether (sulfide) groups is 1. The molecule has 1 aliphatic carbocycles. The van der Waals surface area contributed by atoms with Crippen LogP contribution in [0.1, 0.15) is 35.8 Å². The first kappa shape index (κ1) is 14.6. The van der Waals surface area contributed by atoms with Crippen LogP contribution in [0.2, 0.25) is 5.15 Å². The van der Waals surface area contributed by atoms with Crippen LogP contribution in [0.4, 0.5) is 0 Å². The van der Waals surface area contributed by atoms with Crippen molar-refractivity contribution in [1.29, 1.82) is 0 Å². The van der Waals surface area contributed by atoms with E-state index in [1.807, 2.05) is 0 Å². The van der Waals surface area contributed by atoms with Gasteiger partial charge in [-0.1, -0.05) is 29.3 Å². The number of halogens is 2. The van der Waals surface area contributed by atoms with Gasteiger partial charge in [-0.2, -0.15) is 0 Å². The highest BCUT2D eigenvalue weighted by Gasteiger charge is 2.29. The summed E-state index contributed by atoms with van der Waals surface area (Å²) in [6.07, 6.45) is 2.46. The molecule has 2 aromatic rings. The summed E-state index contributed by atoms with van der Waals surface area (Å²) in [6, 6.07) is 8.48. The van der Waals surface area contributed by atoms with Gasteiger partial charge in [0.2, 0.25) is 0 Å². The molecule has 1 saturated carbocycles. The van der Waals surface area contributed by atoms with E-state index in [4.69, 9.17) is 16.6 Å². The fourth-order valence-corrected chi connectivity index (χ4v) is 3.77. The number of aryl methyl sites for hydroxylation is 1. The topological polar surface area (TPSA) is 25.8 Å². The van der Waals surface area contributed by atoms with E-state index >= 15 is 0 Å². The first-order chi connectivity index (χ1) is 9.63. The lowest BCUT2D eigenvalue weighted by Crippen LogP contribution is -2.01.